The van der Waals surface area contributed by atoms with Crippen molar-refractivity contribution in [3.05, 3.63) is 82.3 Å². The molecule has 0 saturated carbocycles. The number of amides is 1. The van der Waals surface area contributed by atoms with Gasteiger partial charge in [-0.15, -0.1) is 0 Å². The van der Waals surface area contributed by atoms with Crippen LogP contribution >= 0.6 is 15.9 Å². The topological polar surface area (TPSA) is 56.1 Å². The van der Waals surface area contributed by atoms with Crippen molar-refractivity contribution in [3.8, 4) is 5.75 Å². The summed E-state index contributed by atoms with van der Waals surface area (Å²) >= 11 is 3.20. The number of benzene rings is 2. The highest BCUT2D eigenvalue weighted by molar-refractivity contribution is 9.10. The van der Waals surface area contributed by atoms with E-state index in [1.165, 1.54) is 18.2 Å². The molecule has 134 valence electrons. The van der Waals surface area contributed by atoms with Crippen LogP contribution in [0.2, 0.25) is 0 Å². The zero-order valence-corrected chi connectivity index (χ0v) is 15.4. The van der Waals surface area contributed by atoms with Gasteiger partial charge in [-0.2, -0.15) is 5.10 Å². The van der Waals surface area contributed by atoms with Gasteiger partial charge in [0.05, 0.1) is 11.0 Å². The Hall–Kier alpha value is -2.67. The molecule has 0 radical (unpaired) electrons. The molecule has 0 saturated heterocycles. The summed E-state index contributed by atoms with van der Waals surface area (Å²) in [5.74, 6) is -0.198. The number of hydrogen-bond acceptors (Lipinski definition) is 3. The van der Waals surface area contributed by atoms with E-state index in [1.54, 1.807) is 6.20 Å². The molecule has 0 fully saturated rings. The maximum absolute atomic E-state index is 13.0. The quantitative estimate of drug-likeness (QED) is 0.639. The van der Waals surface area contributed by atoms with E-state index in [0.717, 1.165) is 11.1 Å². The van der Waals surface area contributed by atoms with Crippen molar-refractivity contribution in [1.29, 1.82) is 0 Å². The Balaban J connectivity index is 1.45. The molecule has 0 aliphatic carbocycles. The second-order valence-electron chi connectivity index (χ2n) is 5.66. The van der Waals surface area contributed by atoms with E-state index in [4.69, 9.17) is 4.74 Å². The average Bonchev–Trinajstić information content (AvgIpc) is 3.13. The molecule has 1 heterocycles. The molecule has 5 nitrogen and oxygen atoms in total. The van der Waals surface area contributed by atoms with Crippen molar-refractivity contribution < 1.29 is 13.9 Å². The van der Waals surface area contributed by atoms with Crippen molar-refractivity contribution in [2.75, 3.05) is 6.61 Å². The smallest absolute Gasteiger partial charge is 0.258 e. The van der Waals surface area contributed by atoms with E-state index in [9.17, 15) is 9.18 Å². The van der Waals surface area contributed by atoms with Crippen LogP contribution in [-0.4, -0.2) is 22.3 Å². The first-order valence-electron chi connectivity index (χ1n) is 8.00. The molecule has 0 spiro atoms. The summed E-state index contributed by atoms with van der Waals surface area (Å²) < 4.78 is 20.7. The summed E-state index contributed by atoms with van der Waals surface area (Å²) in [4.78, 5) is 11.9. The van der Waals surface area contributed by atoms with Gasteiger partial charge >= 0.3 is 0 Å². The molecule has 26 heavy (non-hydrogen) atoms. The molecule has 0 aliphatic rings. The molecule has 2 aromatic carbocycles. The molecule has 0 aliphatic heterocycles. The Morgan fingerprint density at radius 1 is 1.19 bits per heavy atom. The molecule has 0 bridgehead atoms. The van der Waals surface area contributed by atoms with Crippen molar-refractivity contribution in [2.24, 2.45) is 0 Å². The lowest BCUT2D eigenvalue weighted by atomic mass is 10.1. The van der Waals surface area contributed by atoms with Gasteiger partial charge < -0.3 is 10.1 Å². The standard InChI is InChI=1S/C19H17BrFN3O2/c20-17-10-16(21)6-7-18(17)26-13-19(25)22-11-14-2-4-15(5-3-14)12-24-9-1-8-23-24/h1-10H,11-13H2,(H,22,25). The number of nitrogens with one attached hydrogen (secondary N) is 1. The molecule has 1 aromatic heterocycles. The van der Waals surface area contributed by atoms with E-state index < -0.39 is 0 Å². The zero-order valence-electron chi connectivity index (χ0n) is 13.9. The summed E-state index contributed by atoms with van der Waals surface area (Å²) in [7, 11) is 0. The first-order valence-corrected chi connectivity index (χ1v) is 8.79. The largest absolute Gasteiger partial charge is 0.483 e. The fourth-order valence-electron chi connectivity index (χ4n) is 2.33. The Morgan fingerprint density at radius 2 is 1.96 bits per heavy atom. The average molecular weight is 418 g/mol. The van der Waals surface area contributed by atoms with Gasteiger partial charge in [0.15, 0.2) is 6.61 Å². The number of rotatable bonds is 7. The summed E-state index contributed by atoms with van der Waals surface area (Å²) in [6.07, 6.45) is 3.66. The summed E-state index contributed by atoms with van der Waals surface area (Å²) in [5.41, 5.74) is 2.12. The van der Waals surface area contributed by atoms with E-state index in [0.29, 0.717) is 23.3 Å². The molecular formula is C19H17BrFN3O2. The third kappa shape index (κ3) is 5.16. The number of carbonyl (C=O) groups excluding carboxylic acids is 1. The number of halogens is 2. The molecule has 3 rings (SSSR count). The molecule has 0 unspecified atom stereocenters. The molecule has 7 heteroatoms. The van der Waals surface area contributed by atoms with Crippen LogP contribution in [0.1, 0.15) is 11.1 Å². The van der Waals surface area contributed by atoms with E-state index in [2.05, 4.69) is 26.3 Å². The SMILES string of the molecule is O=C(COc1ccc(F)cc1Br)NCc1ccc(Cn2cccn2)cc1. The minimum absolute atomic E-state index is 0.137. The lowest BCUT2D eigenvalue weighted by molar-refractivity contribution is -0.123. The van der Waals surface area contributed by atoms with Crippen LogP contribution in [0.25, 0.3) is 0 Å². The van der Waals surface area contributed by atoms with Gasteiger partial charge in [-0.1, -0.05) is 24.3 Å². The van der Waals surface area contributed by atoms with Gasteiger partial charge in [-0.05, 0) is 51.3 Å². The Morgan fingerprint density at radius 3 is 2.65 bits per heavy atom. The lowest BCUT2D eigenvalue weighted by Gasteiger charge is -2.09. The van der Waals surface area contributed by atoms with Crippen LogP contribution in [0.4, 0.5) is 4.39 Å². The Kier molecular flexibility index (Phi) is 6.01. The zero-order chi connectivity index (χ0) is 18.4. The molecule has 0 atom stereocenters. The van der Waals surface area contributed by atoms with E-state index in [1.807, 2.05) is 41.2 Å². The van der Waals surface area contributed by atoms with Gasteiger partial charge in [-0.3, -0.25) is 9.48 Å². The van der Waals surface area contributed by atoms with Crippen molar-refractivity contribution >= 4 is 21.8 Å². The molecule has 1 N–H and O–H groups in total. The first kappa shape index (κ1) is 18.1. The maximum Gasteiger partial charge on any atom is 0.258 e. The number of ether oxygens (including phenoxy) is 1. The highest BCUT2D eigenvalue weighted by Crippen LogP contribution is 2.25. The first-order chi connectivity index (χ1) is 12.6. The molecular weight excluding hydrogens is 401 g/mol. The van der Waals surface area contributed by atoms with Crippen LogP contribution < -0.4 is 10.1 Å². The molecule has 1 amide bonds. The number of carbonyl (C=O) groups is 1. The highest BCUT2D eigenvalue weighted by Gasteiger charge is 2.07. The number of nitrogens with zero attached hydrogens (tertiary/aromatic N) is 2. The summed E-state index contributed by atoms with van der Waals surface area (Å²) in [6.45, 7) is 0.983. The lowest BCUT2D eigenvalue weighted by Crippen LogP contribution is -2.28. The van der Waals surface area contributed by atoms with Crippen LogP contribution in [0.5, 0.6) is 5.75 Å². The minimum atomic E-state index is -0.371. The van der Waals surface area contributed by atoms with E-state index >= 15 is 0 Å². The van der Waals surface area contributed by atoms with E-state index in [-0.39, 0.29) is 18.3 Å². The van der Waals surface area contributed by atoms with Crippen LogP contribution in [0.15, 0.2) is 65.4 Å². The van der Waals surface area contributed by atoms with Crippen LogP contribution in [0, 0.1) is 5.82 Å². The van der Waals surface area contributed by atoms with Gasteiger partial charge in [0.25, 0.3) is 5.91 Å². The number of hydrogen-bond donors (Lipinski definition) is 1. The maximum atomic E-state index is 13.0. The minimum Gasteiger partial charge on any atom is -0.483 e. The predicted molar refractivity (Wildman–Crippen MR) is 99.2 cm³/mol. The van der Waals surface area contributed by atoms with Gasteiger partial charge in [0.1, 0.15) is 11.6 Å². The predicted octanol–water partition coefficient (Wildman–Crippen LogP) is 3.53. The Labute approximate surface area is 158 Å². The second kappa shape index (κ2) is 8.62. The second-order valence-corrected chi connectivity index (χ2v) is 6.51. The fraction of sp³-hybridized carbons (Fsp3) is 0.158. The summed E-state index contributed by atoms with van der Waals surface area (Å²) in [5, 5.41) is 6.97. The molecule has 3 aromatic rings. The van der Waals surface area contributed by atoms with Crippen LogP contribution in [-0.2, 0) is 17.9 Å². The normalized spacial score (nSPS) is 10.5. The Bertz CT molecular complexity index is 867. The van der Waals surface area contributed by atoms with Crippen molar-refractivity contribution in [2.45, 2.75) is 13.1 Å². The van der Waals surface area contributed by atoms with Crippen molar-refractivity contribution in [3.63, 3.8) is 0 Å². The van der Waals surface area contributed by atoms with Gasteiger partial charge in [0.2, 0.25) is 0 Å². The number of aromatic nitrogens is 2. The third-order valence-corrected chi connectivity index (χ3v) is 4.29. The third-order valence-electron chi connectivity index (χ3n) is 3.67. The van der Waals surface area contributed by atoms with Gasteiger partial charge in [0, 0.05) is 18.9 Å². The monoisotopic (exact) mass is 417 g/mol. The highest BCUT2D eigenvalue weighted by atomic mass is 79.9. The summed E-state index contributed by atoms with van der Waals surface area (Å²) in [6, 6.07) is 13.9. The van der Waals surface area contributed by atoms with Gasteiger partial charge in [-0.25, -0.2) is 4.39 Å². The van der Waals surface area contributed by atoms with Crippen molar-refractivity contribution in [1.82, 2.24) is 15.1 Å². The van der Waals surface area contributed by atoms with Crippen LogP contribution in [0.3, 0.4) is 0 Å². The fourth-order valence-corrected chi connectivity index (χ4v) is 2.80.